The summed E-state index contributed by atoms with van der Waals surface area (Å²) in [7, 11) is 0. The van der Waals surface area contributed by atoms with Gasteiger partial charge in [-0.15, -0.1) is 0 Å². The van der Waals surface area contributed by atoms with Gasteiger partial charge in [0.05, 0.1) is 0 Å². The molecule has 1 aromatic carbocycles. The quantitative estimate of drug-likeness (QED) is 0.886. The second kappa shape index (κ2) is 5.24. The number of hydrogen-bond acceptors (Lipinski definition) is 2. The van der Waals surface area contributed by atoms with Gasteiger partial charge in [0.15, 0.2) is 6.10 Å². The average molecular weight is 259 g/mol. The van der Waals surface area contributed by atoms with E-state index >= 15 is 0 Å². The molecule has 3 nitrogen and oxygen atoms in total. The van der Waals surface area contributed by atoms with Gasteiger partial charge >= 0.3 is 0 Å². The third-order valence-electron chi connectivity index (χ3n) is 4.38. The second-order valence-electron chi connectivity index (χ2n) is 5.80. The number of fused-ring (bicyclic) bond motifs is 1. The Kier molecular flexibility index (Phi) is 3.45. The molecule has 1 N–H and O–H groups in total. The maximum atomic E-state index is 12.3. The number of hydrogen-bond donors (Lipinski definition) is 1. The summed E-state index contributed by atoms with van der Waals surface area (Å²) in [6, 6.07) is 8.24. The Balaban J connectivity index is 1.60. The average Bonchev–Trinajstić information content (AvgIpc) is 2.85. The Morgan fingerprint density at radius 1 is 1.26 bits per heavy atom. The number of ether oxygens (including phenoxy) is 1. The molecular formula is C16H21NO2. The summed E-state index contributed by atoms with van der Waals surface area (Å²) in [6.07, 6.45) is 5.19. The van der Waals surface area contributed by atoms with Gasteiger partial charge in [0, 0.05) is 12.5 Å². The Morgan fingerprint density at radius 3 is 2.84 bits per heavy atom. The number of carbonyl (C=O) groups is 1. The zero-order chi connectivity index (χ0) is 13.2. The predicted molar refractivity (Wildman–Crippen MR) is 74.1 cm³/mol. The van der Waals surface area contributed by atoms with Crippen molar-refractivity contribution in [3.63, 3.8) is 0 Å². The van der Waals surface area contributed by atoms with Crippen molar-refractivity contribution < 1.29 is 9.53 Å². The first kappa shape index (κ1) is 12.5. The fourth-order valence-electron chi connectivity index (χ4n) is 3.13. The molecule has 1 amide bonds. The molecule has 2 aliphatic rings. The number of benzene rings is 1. The zero-order valence-electron chi connectivity index (χ0n) is 11.4. The first-order valence-corrected chi connectivity index (χ1v) is 7.29. The molecule has 0 radical (unpaired) electrons. The van der Waals surface area contributed by atoms with Crippen LogP contribution >= 0.6 is 0 Å². The van der Waals surface area contributed by atoms with Crippen LogP contribution in [0.3, 0.4) is 0 Å². The Bertz CT molecular complexity index is 447. The Labute approximate surface area is 114 Å². The van der Waals surface area contributed by atoms with Gasteiger partial charge in [-0.2, -0.15) is 0 Å². The lowest BCUT2D eigenvalue weighted by atomic mass is 9.86. The maximum Gasteiger partial charge on any atom is 0.261 e. The van der Waals surface area contributed by atoms with Gasteiger partial charge in [-0.25, -0.2) is 0 Å². The van der Waals surface area contributed by atoms with Gasteiger partial charge in [-0.05, 0) is 30.4 Å². The number of carbonyl (C=O) groups excluding carboxylic acids is 1. The lowest BCUT2D eigenvalue weighted by molar-refractivity contribution is -0.128. The van der Waals surface area contributed by atoms with Crippen LogP contribution in [0.25, 0.3) is 0 Å². The highest BCUT2D eigenvalue weighted by molar-refractivity contribution is 5.82. The Morgan fingerprint density at radius 2 is 2.05 bits per heavy atom. The van der Waals surface area contributed by atoms with Crippen LogP contribution in [0, 0.1) is 5.92 Å². The van der Waals surface area contributed by atoms with Crippen LogP contribution in [0.15, 0.2) is 24.3 Å². The fourth-order valence-corrected chi connectivity index (χ4v) is 3.13. The topological polar surface area (TPSA) is 38.3 Å². The van der Waals surface area contributed by atoms with Gasteiger partial charge in [-0.1, -0.05) is 38.0 Å². The van der Waals surface area contributed by atoms with E-state index in [2.05, 4.69) is 12.2 Å². The molecule has 102 valence electrons. The third-order valence-corrected chi connectivity index (χ3v) is 4.38. The van der Waals surface area contributed by atoms with Gasteiger partial charge in [0.1, 0.15) is 5.75 Å². The molecule has 19 heavy (non-hydrogen) atoms. The lowest BCUT2D eigenvalue weighted by Crippen LogP contribution is -2.46. The van der Waals surface area contributed by atoms with Crippen LogP contribution in [0.2, 0.25) is 0 Å². The molecule has 1 saturated carbocycles. The van der Waals surface area contributed by atoms with E-state index in [-0.39, 0.29) is 12.0 Å². The van der Waals surface area contributed by atoms with E-state index in [0.29, 0.717) is 18.4 Å². The van der Waals surface area contributed by atoms with Gasteiger partial charge in [0.25, 0.3) is 5.91 Å². The van der Waals surface area contributed by atoms with Crippen LogP contribution in [-0.2, 0) is 11.2 Å². The third kappa shape index (κ3) is 2.60. The summed E-state index contributed by atoms with van der Waals surface area (Å²) in [6.45, 7) is 2.23. The Hall–Kier alpha value is -1.51. The molecular weight excluding hydrogens is 238 g/mol. The summed E-state index contributed by atoms with van der Waals surface area (Å²) < 4.78 is 5.73. The van der Waals surface area contributed by atoms with E-state index in [1.807, 2.05) is 24.3 Å². The standard InChI is InChI=1S/C16H21NO2/c1-11-6-2-4-8-13(11)17-16(18)15-10-12-7-3-5-9-14(12)19-15/h3,5,7,9,11,13,15H,2,4,6,8,10H2,1H3,(H,17,18)/t11-,13+,15-/m1/s1. The molecule has 0 aromatic heterocycles. The highest BCUT2D eigenvalue weighted by Crippen LogP contribution is 2.29. The van der Waals surface area contributed by atoms with Crippen molar-refractivity contribution in [1.29, 1.82) is 0 Å². The van der Waals surface area contributed by atoms with Gasteiger partial charge < -0.3 is 10.1 Å². The summed E-state index contributed by atoms with van der Waals surface area (Å²) in [5.41, 5.74) is 1.14. The summed E-state index contributed by atoms with van der Waals surface area (Å²) in [5, 5.41) is 3.18. The molecule has 1 aliphatic heterocycles. The van der Waals surface area contributed by atoms with Crippen molar-refractivity contribution in [2.45, 2.75) is 51.2 Å². The minimum atomic E-state index is -0.341. The highest BCUT2D eigenvalue weighted by atomic mass is 16.5. The van der Waals surface area contributed by atoms with E-state index in [4.69, 9.17) is 4.74 Å². The molecule has 0 bridgehead atoms. The fraction of sp³-hybridized carbons (Fsp3) is 0.562. The SMILES string of the molecule is C[C@@H]1CCCC[C@@H]1NC(=O)[C@H]1Cc2ccccc2O1. The number of nitrogens with one attached hydrogen (secondary N) is 1. The molecule has 3 atom stereocenters. The van der Waals surface area contributed by atoms with E-state index in [9.17, 15) is 4.79 Å². The van der Waals surface area contributed by atoms with Crippen molar-refractivity contribution in [3.05, 3.63) is 29.8 Å². The van der Waals surface area contributed by atoms with Crippen molar-refractivity contribution in [3.8, 4) is 5.75 Å². The molecule has 0 spiro atoms. The maximum absolute atomic E-state index is 12.3. The number of para-hydroxylation sites is 1. The van der Waals surface area contributed by atoms with Crippen LogP contribution in [-0.4, -0.2) is 18.1 Å². The van der Waals surface area contributed by atoms with Crippen LogP contribution in [0.5, 0.6) is 5.75 Å². The molecule has 1 aromatic rings. The van der Waals surface area contributed by atoms with Crippen molar-refractivity contribution in [1.82, 2.24) is 5.32 Å². The normalized spacial score (nSPS) is 29.4. The summed E-state index contributed by atoms with van der Waals surface area (Å²) in [4.78, 5) is 12.3. The molecule has 1 fully saturated rings. The van der Waals surface area contributed by atoms with Crippen molar-refractivity contribution in [2.24, 2.45) is 5.92 Å². The van der Waals surface area contributed by atoms with Gasteiger partial charge in [0.2, 0.25) is 0 Å². The molecule has 0 saturated heterocycles. The van der Waals surface area contributed by atoms with E-state index < -0.39 is 0 Å². The molecule has 1 heterocycles. The van der Waals surface area contributed by atoms with Gasteiger partial charge in [-0.3, -0.25) is 4.79 Å². The largest absolute Gasteiger partial charge is 0.480 e. The molecule has 3 heteroatoms. The number of amides is 1. The van der Waals surface area contributed by atoms with E-state index in [1.54, 1.807) is 0 Å². The highest BCUT2D eigenvalue weighted by Gasteiger charge is 2.31. The second-order valence-corrected chi connectivity index (χ2v) is 5.80. The first-order chi connectivity index (χ1) is 9.24. The van der Waals surface area contributed by atoms with Crippen LogP contribution < -0.4 is 10.1 Å². The molecule has 0 unspecified atom stereocenters. The predicted octanol–water partition coefficient (Wildman–Crippen LogP) is 2.69. The summed E-state index contributed by atoms with van der Waals surface area (Å²) in [5.74, 6) is 1.50. The minimum absolute atomic E-state index is 0.0509. The number of rotatable bonds is 2. The first-order valence-electron chi connectivity index (χ1n) is 7.29. The van der Waals surface area contributed by atoms with Crippen LogP contribution in [0.1, 0.15) is 38.2 Å². The van der Waals surface area contributed by atoms with Crippen molar-refractivity contribution in [2.75, 3.05) is 0 Å². The molecule has 1 aliphatic carbocycles. The zero-order valence-corrected chi connectivity index (χ0v) is 11.4. The van der Waals surface area contributed by atoms with E-state index in [1.165, 1.54) is 19.3 Å². The summed E-state index contributed by atoms with van der Waals surface area (Å²) >= 11 is 0. The van der Waals surface area contributed by atoms with Crippen molar-refractivity contribution >= 4 is 5.91 Å². The molecule has 3 rings (SSSR count). The minimum Gasteiger partial charge on any atom is -0.480 e. The smallest absolute Gasteiger partial charge is 0.261 e. The van der Waals surface area contributed by atoms with E-state index in [0.717, 1.165) is 17.7 Å². The monoisotopic (exact) mass is 259 g/mol. The van der Waals surface area contributed by atoms with Crippen LogP contribution in [0.4, 0.5) is 0 Å². The lowest BCUT2D eigenvalue weighted by Gasteiger charge is -2.30.